The lowest BCUT2D eigenvalue weighted by atomic mass is 9.54. The average molecular weight is 434 g/mol. The van der Waals surface area contributed by atoms with Crippen LogP contribution in [0.25, 0.3) is 6.08 Å². The smallest absolute Gasteiger partial charge is 0.119 e. The summed E-state index contributed by atoms with van der Waals surface area (Å²) in [5.41, 5.74) is 2.12. The van der Waals surface area contributed by atoms with E-state index in [4.69, 9.17) is 4.74 Å². The van der Waals surface area contributed by atoms with E-state index in [0.717, 1.165) is 31.4 Å². The maximum Gasteiger partial charge on any atom is 0.119 e. The molecule has 0 aliphatic heterocycles. The quantitative estimate of drug-likeness (QED) is 0.640. The first-order chi connectivity index (χ1) is 11.5. The van der Waals surface area contributed by atoms with Gasteiger partial charge in [-0.25, -0.2) is 0 Å². The number of hydrogen-bond donors (Lipinski definition) is 1. The zero-order chi connectivity index (χ0) is 16.9. The first-order valence-corrected chi connectivity index (χ1v) is 10.1. The molecular weight excluding hydrogens is 409 g/mol. The van der Waals surface area contributed by atoms with Crippen LogP contribution in [0.2, 0.25) is 0 Å². The van der Waals surface area contributed by atoms with Crippen molar-refractivity contribution in [2.45, 2.75) is 44.1 Å². The number of rotatable bonds is 2. The second-order valence-corrected chi connectivity index (χ2v) is 8.58. The zero-order valence-corrected chi connectivity index (χ0v) is 16.5. The van der Waals surface area contributed by atoms with E-state index in [1.807, 2.05) is 10.2 Å². The highest BCUT2D eigenvalue weighted by molar-refractivity contribution is 14.1. The SMILES string of the molecule is COc1ccc2c(c1)C=C[C@@H]1[C@@H]2CC[C@@]2(C)[C@H]1CC[C@@]2(O)/C=C/[125I]. The highest BCUT2D eigenvalue weighted by Gasteiger charge is 2.60. The van der Waals surface area contributed by atoms with Gasteiger partial charge in [-0.3, -0.25) is 0 Å². The van der Waals surface area contributed by atoms with Crippen molar-refractivity contribution in [1.29, 1.82) is 0 Å². The van der Waals surface area contributed by atoms with Crippen molar-refractivity contribution >= 4 is 28.7 Å². The topological polar surface area (TPSA) is 29.5 Å². The second kappa shape index (κ2) is 5.87. The summed E-state index contributed by atoms with van der Waals surface area (Å²) in [7, 11) is 1.73. The molecule has 3 aliphatic carbocycles. The number of halogens is 1. The van der Waals surface area contributed by atoms with E-state index in [-0.39, 0.29) is 5.41 Å². The molecule has 0 heterocycles. The monoisotopic (exact) mass is 434 g/mol. The predicted octanol–water partition coefficient (Wildman–Crippen LogP) is 5.31. The molecule has 0 radical (unpaired) electrons. The largest absolute Gasteiger partial charge is 0.497 e. The molecule has 2 fully saturated rings. The molecule has 1 aromatic rings. The van der Waals surface area contributed by atoms with Gasteiger partial charge in [0.15, 0.2) is 0 Å². The van der Waals surface area contributed by atoms with Crippen molar-refractivity contribution in [2.24, 2.45) is 17.3 Å². The number of allylic oxidation sites excluding steroid dienone is 1. The molecule has 0 spiro atoms. The van der Waals surface area contributed by atoms with Gasteiger partial charge in [-0.2, -0.15) is 0 Å². The van der Waals surface area contributed by atoms with Crippen LogP contribution in [0.3, 0.4) is 0 Å². The van der Waals surface area contributed by atoms with Gasteiger partial charge in [0.25, 0.3) is 0 Å². The fraction of sp³-hybridized carbons (Fsp3) is 0.524. The lowest BCUT2D eigenvalue weighted by Crippen LogP contribution is -2.49. The van der Waals surface area contributed by atoms with Crippen molar-refractivity contribution in [3.63, 3.8) is 0 Å². The molecule has 1 aromatic carbocycles. The van der Waals surface area contributed by atoms with Crippen LogP contribution in [-0.4, -0.2) is 17.8 Å². The summed E-state index contributed by atoms with van der Waals surface area (Å²) in [5, 5.41) is 11.3. The van der Waals surface area contributed by atoms with E-state index in [2.05, 4.69) is 59.9 Å². The molecule has 2 nitrogen and oxygen atoms in total. The Labute approximate surface area is 158 Å². The Kier molecular flexibility index (Phi) is 4.07. The number of hydrogen-bond acceptors (Lipinski definition) is 2. The van der Waals surface area contributed by atoms with E-state index >= 15 is 0 Å². The Bertz CT molecular complexity index is 710. The van der Waals surface area contributed by atoms with E-state index < -0.39 is 5.60 Å². The molecule has 4 rings (SSSR count). The average Bonchev–Trinajstić information content (AvgIpc) is 2.86. The maximum absolute atomic E-state index is 11.3. The zero-order valence-electron chi connectivity index (χ0n) is 14.3. The van der Waals surface area contributed by atoms with Gasteiger partial charge in [-0.05, 0) is 76.9 Å². The minimum Gasteiger partial charge on any atom is -0.497 e. The van der Waals surface area contributed by atoms with Crippen LogP contribution in [0.4, 0.5) is 0 Å². The molecule has 24 heavy (non-hydrogen) atoms. The third kappa shape index (κ3) is 2.23. The summed E-state index contributed by atoms with van der Waals surface area (Å²) in [5.74, 6) is 2.61. The Balaban J connectivity index is 1.71. The molecule has 0 amide bonds. The molecule has 1 N–H and O–H groups in total. The lowest BCUT2D eigenvalue weighted by Gasteiger charge is -2.51. The molecule has 3 aliphatic rings. The summed E-state index contributed by atoms with van der Waals surface area (Å²) in [4.78, 5) is 0. The van der Waals surface area contributed by atoms with Crippen LogP contribution >= 0.6 is 22.6 Å². The molecule has 128 valence electrons. The lowest BCUT2D eigenvalue weighted by molar-refractivity contribution is -0.0614. The number of benzene rings is 1. The molecule has 2 saturated carbocycles. The van der Waals surface area contributed by atoms with Crippen LogP contribution < -0.4 is 4.74 Å². The van der Waals surface area contributed by atoms with E-state index in [0.29, 0.717) is 17.8 Å². The first-order valence-electron chi connectivity index (χ1n) is 8.89. The number of fused-ring (bicyclic) bond motifs is 5. The van der Waals surface area contributed by atoms with Crippen molar-refractivity contribution in [1.82, 2.24) is 0 Å². The number of ether oxygens (including phenoxy) is 1. The highest BCUT2D eigenvalue weighted by atomic mass is 125. The normalized spacial score (nSPS) is 40.2. The van der Waals surface area contributed by atoms with E-state index in [1.165, 1.54) is 11.1 Å². The summed E-state index contributed by atoms with van der Waals surface area (Å²) in [6.45, 7) is 2.31. The third-order valence-corrected chi connectivity index (χ3v) is 7.44. The van der Waals surface area contributed by atoms with Gasteiger partial charge in [0.1, 0.15) is 5.75 Å². The molecular formula is C21H25IO2. The van der Waals surface area contributed by atoms with E-state index in [9.17, 15) is 5.11 Å². The van der Waals surface area contributed by atoms with E-state index in [1.54, 1.807) is 7.11 Å². The molecule has 5 atom stereocenters. The van der Waals surface area contributed by atoms with Gasteiger partial charge in [-0.1, -0.05) is 47.7 Å². The van der Waals surface area contributed by atoms with Crippen LogP contribution in [0, 0.1) is 17.3 Å². The minimum absolute atomic E-state index is 0.00977. The molecule has 3 heteroatoms. The minimum atomic E-state index is -0.641. The Morgan fingerprint density at radius 1 is 1.29 bits per heavy atom. The standard InChI is InChI=1S/C21H25IO2/c1-20-9-7-17-16-6-4-15(24-2)13-14(16)3-5-18(17)19(20)8-10-21(20,23)11-12-22/h3-6,11-13,17-19,23H,7-10H2,1-2H3/b12-11+/t17-,18-,19+,20+,21-/m1/s1/i22-2. The molecule has 0 aromatic heterocycles. The first kappa shape index (κ1) is 16.6. The van der Waals surface area contributed by atoms with Gasteiger partial charge in [-0.15, -0.1) is 0 Å². The number of methoxy groups -OCH3 is 1. The van der Waals surface area contributed by atoms with Gasteiger partial charge < -0.3 is 9.84 Å². The Hall–Kier alpha value is -0.810. The highest BCUT2D eigenvalue weighted by Crippen LogP contribution is 2.64. The van der Waals surface area contributed by atoms with Crippen molar-refractivity contribution in [3.05, 3.63) is 45.6 Å². The Morgan fingerprint density at radius 2 is 2.12 bits per heavy atom. The molecule has 0 unspecified atom stereocenters. The predicted molar refractivity (Wildman–Crippen MR) is 106 cm³/mol. The fourth-order valence-electron chi connectivity index (χ4n) is 5.63. The number of aliphatic hydroxyl groups is 1. The van der Waals surface area contributed by atoms with Gasteiger partial charge >= 0.3 is 0 Å². The van der Waals surface area contributed by atoms with Gasteiger partial charge in [0, 0.05) is 5.41 Å². The summed E-state index contributed by atoms with van der Waals surface area (Å²) in [6.07, 6.45) is 11.0. The van der Waals surface area contributed by atoms with Crippen LogP contribution in [0.5, 0.6) is 5.75 Å². The fourth-order valence-corrected chi connectivity index (χ4v) is 6.23. The Morgan fingerprint density at radius 3 is 2.88 bits per heavy atom. The summed E-state index contributed by atoms with van der Waals surface area (Å²) in [6, 6.07) is 6.50. The van der Waals surface area contributed by atoms with Crippen LogP contribution in [0.1, 0.15) is 49.7 Å². The maximum atomic E-state index is 11.3. The third-order valence-electron chi connectivity index (χ3n) is 7.08. The summed E-state index contributed by atoms with van der Waals surface area (Å²) < 4.78 is 7.38. The second-order valence-electron chi connectivity index (χ2n) is 7.86. The van der Waals surface area contributed by atoms with Gasteiger partial charge in [0.05, 0.1) is 12.7 Å². The molecule has 0 bridgehead atoms. The molecule has 0 saturated heterocycles. The van der Waals surface area contributed by atoms with Crippen molar-refractivity contribution in [2.75, 3.05) is 7.11 Å². The van der Waals surface area contributed by atoms with Crippen LogP contribution in [-0.2, 0) is 0 Å². The summed E-state index contributed by atoms with van der Waals surface area (Å²) >= 11 is 2.24. The van der Waals surface area contributed by atoms with Crippen molar-refractivity contribution < 1.29 is 9.84 Å². The van der Waals surface area contributed by atoms with Gasteiger partial charge in [0.2, 0.25) is 0 Å². The van der Waals surface area contributed by atoms with Crippen LogP contribution in [0.15, 0.2) is 34.4 Å². The van der Waals surface area contributed by atoms with Crippen molar-refractivity contribution in [3.8, 4) is 5.75 Å².